The number of sulfone groups is 1. The van der Waals surface area contributed by atoms with Crippen molar-refractivity contribution in [1.29, 1.82) is 0 Å². The molecule has 0 unspecified atom stereocenters. The summed E-state index contributed by atoms with van der Waals surface area (Å²) in [6.07, 6.45) is 0.443. The van der Waals surface area contributed by atoms with E-state index in [2.05, 4.69) is 0 Å². The summed E-state index contributed by atoms with van der Waals surface area (Å²) in [5.74, 6) is 0.443. The zero-order valence-electron chi connectivity index (χ0n) is 19.7. The van der Waals surface area contributed by atoms with Gasteiger partial charge in [0.05, 0.1) is 35.4 Å². The summed E-state index contributed by atoms with van der Waals surface area (Å²) < 4.78 is 30.7. The van der Waals surface area contributed by atoms with Gasteiger partial charge in [-0.05, 0) is 50.5 Å². The van der Waals surface area contributed by atoms with Crippen molar-refractivity contribution in [2.45, 2.75) is 38.4 Å². The van der Waals surface area contributed by atoms with Crippen LogP contribution in [0.15, 0.2) is 28.2 Å². The van der Waals surface area contributed by atoms with Gasteiger partial charge in [0.1, 0.15) is 10.6 Å². The third-order valence-electron chi connectivity index (χ3n) is 6.22. The monoisotopic (exact) mass is 521 g/mol. The molecule has 0 radical (unpaired) electrons. The van der Waals surface area contributed by atoms with Crippen molar-refractivity contribution < 1.29 is 17.9 Å². The highest BCUT2D eigenvalue weighted by Gasteiger charge is 2.33. The molecule has 8 nitrogen and oxygen atoms in total. The highest BCUT2D eigenvalue weighted by atomic mass is 32.2. The topological polar surface area (TPSA) is 98.6 Å². The first-order valence-corrected chi connectivity index (χ1v) is 14.4. The van der Waals surface area contributed by atoms with Crippen molar-refractivity contribution in [1.82, 2.24) is 14.5 Å². The minimum atomic E-state index is -3.10. The van der Waals surface area contributed by atoms with Gasteiger partial charge in [-0.2, -0.15) is 0 Å². The number of methoxy groups -OCH3 is 1. The zero-order valence-corrected chi connectivity index (χ0v) is 22.2. The lowest BCUT2D eigenvalue weighted by atomic mass is 10.2. The molecule has 0 aliphatic carbocycles. The molecular weight excluding hydrogens is 494 g/mol. The van der Waals surface area contributed by atoms with Crippen molar-refractivity contribution in [2.75, 3.05) is 31.4 Å². The van der Waals surface area contributed by atoms with Crippen molar-refractivity contribution in [3.05, 3.63) is 44.6 Å². The lowest BCUT2D eigenvalue weighted by molar-refractivity contribution is -0.128. The van der Waals surface area contributed by atoms with Gasteiger partial charge >= 0.3 is 0 Å². The van der Waals surface area contributed by atoms with E-state index in [1.807, 2.05) is 32.9 Å². The Hall–Kier alpha value is -2.37. The molecule has 4 rings (SSSR count). The van der Waals surface area contributed by atoms with E-state index in [1.165, 1.54) is 32.6 Å². The van der Waals surface area contributed by atoms with Crippen LogP contribution >= 0.6 is 23.1 Å². The molecule has 1 aliphatic heterocycles. The van der Waals surface area contributed by atoms with E-state index in [4.69, 9.17) is 9.72 Å². The Balaban J connectivity index is 1.75. The highest BCUT2D eigenvalue weighted by molar-refractivity contribution is 7.99. The lowest BCUT2D eigenvalue weighted by Gasteiger charge is -2.23. The number of aromatic nitrogens is 2. The number of hydrogen-bond donors (Lipinski definition) is 0. The van der Waals surface area contributed by atoms with Gasteiger partial charge in [-0.1, -0.05) is 17.8 Å². The Morgan fingerprint density at radius 2 is 2.06 bits per heavy atom. The molecule has 0 bridgehead atoms. The minimum absolute atomic E-state index is 0.0108. The summed E-state index contributed by atoms with van der Waals surface area (Å²) in [7, 11) is 0.0820. The van der Waals surface area contributed by atoms with Crippen LogP contribution in [0, 0.1) is 20.8 Å². The van der Waals surface area contributed by atoms with Gasteiger partial charge in [0.25, 0.3) is 5.56 Å². The Kier molecular flexibility index (Phi) is 6.80. The molecule has 1 fully saturated rings. The molecule has 1 aromatic carbocycles. The number of carbonyl (C=O) groups is 1. The molecule has 0 saturated carbocycles. The van der Waals surface area contributed by atoms with Gasteiger partial charge < -0.3 is 9.64 Å². The summed E-state index contributed by atoms with van der Waals surface area (Å²) >= 11 is 2.62. The fraction of sp³-hybridized carbons (Fsp3) is 0.435. The molecule has 3 aromatic rings. The summed E-state index contributed by atoms with van der Waals surface area (Å²) in [6.45, 7) is 5.80. The van der Waals surface area contributed by atoms with Crippen LogP contribution in [0.3, 0.4) is 0 Å². The van der Waals surface area contributed by atoms with E-state index in [1.54, 1.807) is 20.2 Å². The summed E-state index contributed by atoms with van der Waals surface area (Å²) in [5, 5.41) is 0.957. The number of rotatable bonds is 6. The van der Waals surface area contributed by atoms with Crippen LogP contribution in [-0.4, -0.2) is 66.2 Å². The number of thiophene rings is 1. The average molecular weight is 522 g/mol. The molecule has 0 spiro atoms. The third kappa shape index (κ3) is 4.60. The summed E-state index contributed by atoms with van der Waals surface area (Å²) in [5.41, 5.74) is 2.21. The Labute approximate surface area is 206 Å². The summed E-state index contributed by atoms with van der Waals surface area (Å²) in [6, 6.07) is 5.25. The highest BCUT2D eigenvalue weighted by Crippen LogP contribution is 2.32. The van der Waals surface area contributed by atoms with Gasteiger partial charge in [-0.15, -0.1) is 11.3 Å². The number of thioether (sulfide) groups is 1. The summed E-state index contributed by atoms with van der Waals surface area (Å²) in [4.78, 5) is 34.6. The minimum Gasteiger partial charge on any atom is -0.495 e. The van der Waals surface area contributed by atoms with E-state index >= 15 is 0 Å². The third-order valence-corrected chi connectivity index (χ3v) is 10.00. The number of nitrogens with zero attached hydrogens (tertiary/aromatic N) is 3. The molecule has 34 heavy (non-hydrogen) atoms. The number of ether oxygens (including phenoxy) is 1. The van der Waals surface area contributed by atoms with Gasteiger partial charge in [0, 0.05) is 18.0 Å². The molecule has 1 amide bonds. The van der Waals surface area contributed by atoms with Crippen molar-refractivity contribution in [3.63, 3.8) is 0 Å². The van der Waals surface area contributed by atoms with Crippen LogP contribution in [0.5, 0.6) is 5.75 Å². The van der Waals surface area contributed by atoms with E-state index < -0.39 is 9.84 Å². The molecule has 1 aliphatic rings. The fourth-order valence-electron chi connectivity index (χ4n) is 4.07. The van der Waals surface area contributed by atoms with Gasteiger partial charge in [0.15, 0.2) is 15.0 Å². The molecule has 1 atom stereocenters. The normalized spacial score (nSPS) is 17.3. The molecule has 182 valence electrons. The first kappa shape index (κ1) is 24.7. The molecule has 3 heterocycles. The van der Waals surface area contributed by atoms with Crippen molar-refractivity contribution in [3.8, 4) is 11.4 Å². The van der Waals surface area contributed by atoms with Gasteiger partial charge in [0.2, 0.25) is 5.91 Å². The SMILES string of the molecule is COc1ccc(C)cc1-n1c(SCC(=O)N(C)[C@@H]2CCS(=O)(=O)C2)nc2sc(C)c(C)c2c1=O. The Morgan fingerprint density at radius 1 is 1.32 bits per heavy atom. The molecule has 0 N–H and O–H groups in total. The maximum Gasteiger partial charge on any atom is 0.267 e. The van der Waals surface area contributed by atoms with Crippen LogP contribution < -0.4 is 10.3 Å². The largest absolute Gasteiger partial charge is 0.495 e. The van der Waals surface area contributed by atoms with Gasteiger partial charge in [-0.3, -0.25) is 14.2 Å². The second kappa shape index (κ2) is 9.35. The maximum absolute atomic E-state index is 13.7. The predicted molar refractivity (Wildman–Crippen MR) is 137 cm³/mol. The Bertz CT molecular complexity index is 1440. The first-order valence-electron chi connectivity index (χ1n) is 10.8. The van der Waals surface area contributed by atoms with Crippen LogP contribution in [0.4, 0.5) is 0 Å². The maximum atomic E-state index is 13.7. The second-order valence-corrected chi connectivity index (χ2v) is 12.9. The van der Waals surface area contributed by atoms with Crippen LogP contribution in [0.25, 0.3) is 15.9 Å². The van der Waals surface area contributed by atoms with E-state index in [0.29, 0.717) is 33.2 Å². The number of fused-ring (bicyclic) bond motifs is 1. The number of amides is 1. The number of benzene rings is 1. The number of aryl methyl sites for hydroxylation is 3. The smallest absolute Gasteiger partial charge is 0.267 e. The fourth-order valence-corrected chi connectivity index (χ4v) is 7.85. The standard InChI is InChI=1S/C23H27N3O5S3/c1-13-6-7-18(31-5)17(10-13)26-22(28)20-14(2)15(3)33-21(20)24-23(26)32-11-19(27)25(4)16-8-9-34(29,30)12-16/h6-7,10,16H,8-9,11-12H2,1-5H3/t16-/m1/s1. The molecule has 11 heteroatoms. The first-order chi connectivity index (χ1) is 16.0. The van der Waals surface area contributed by atoms with Crippen LogP contribution in [0.1, 0.15) is 22.4 Å². The van der Waals surface area contributed by atoms with Crippen LogP contribution in [0.2, 0.25) is 0 Å². The molecular formula is C23H27N3O5S3. The average Bonchev–Trinajstić information content (AvgIpc) is 3.29. The lowest BCUT2D eigenvalue weighted by Crippen LogP contribution is -2.39. The van der Waals surface area contributed by atoms with E-state index in [0.717, 1.165) is 16.0 Å². The van der Waals surface area contributed by atoms with E-state index in [9.17, 15) is 18.0 Å². The van der Waals surface area contributed by atoms with Crippen molar-refractivity contribution in [2.24, 2.45) is 0 Å². The molecule has 1 saturated heterocycles. The quantitative estimate of drug-likeness (QED) is 0.363. The van der Waals surface area contributed by atoms with Crippen LogP contribution in [-0.2, 0) is 14.6 Å². The zero-order chi connectivity index (χ0) is 24.8. The Morgan fingerprint density at radius 3 is 2.71 bits per heavy atom. The number of carbonyl (C=O) groups excluding carboxylic acids is 1. The van der Waals surface area contributed by atoms with Gasteiger partial charge in [-0.25, -0.2) is 13.4 Å². The predicted octanol–water partition coefficient (Wildman–Crippen LogP) is 3.12. The second-order valence-electron chi connectivity index (χ2n) is 8.52. The van der Waals surface area contributed by atoms with E-state index in [-0.39, 0.29) is 34.8 Å². The molecule has 2 aromatic heterocycles. The van der Waals surface area contributed by atoms with Crippen molar-refractivity contribution >= 4 is 49.1 Å². The number of hydrogen-bond acceptors (Lipinski definition) is 8.